The van der Waals surface area contributed by atoms with E-state index in [-0.39, 0.29) is 22.7 Å². The van der Waals surface area contributed by atoms with E-state index < -0.39 is 18.2 Å². The van der Waals surface area contributed by atoms with E-state index >= 15 is 0 Å². The smallest absolute Gasteiger partial charge is 0.412 e. The van der Waals surface area contributed by atoms with Crippen LogP contribution in [-0.4, -0.2) is 34.0 Å². The Morgan fingerprint density at radius 3 is 2.47 bits per heavy atom. The zero-order chi connectivity index (χ0) is 22.9. The van der Waals surface area contributed by atoms with E-state index in [1.54, 1.807) is 12.3 Å². The molecule has 0 bridgehead atoms. The molecule has 0 saturated heterocycles. The molecule has 0 saturated carbocycles. The lowest BCUT2D eigenvalue weighted by atomic mass is 9.98. The third-order valence-electron chi connectivity index (χ3n) is 5.00. The molecule has 5 nitrogen and oxygen atoms in total. The van der Waals surface area contributed by atoms with E-state index in [0.717, 1.165) is 5.56 Å². The highest BCUT2D eigenvalue weighted by molar-refractivity contribution is 6.07. The monoisotopic (exact) mass is 437 g/mol. The molecule has 0 amide bonds. The van der Waals surface area contributed by atoms with Gasteiger partial charge in [0.15, 0.2) is 6.04 Å². The molecule has 2 aliphatic heterocycles. The Labute approximate surface area is 182 Å². The van der Waals surface area contributed by atoms with Gasteiger partial charge in [0.1, 0.15) is 5.84 Å². The fourth-order valence-electron chi connectivity index (χ4n) is 3.51. The number of alkyl halides is 3. The summed E-state index contributed by atoms with van der Waals surface area (Å²) < 4.78 is 42.6. The first-order valence-electron chi connectivity index (χ1n) is 9.64. The minimum Gasteiger partial charge on any atom is -0.478 e. The minimum atomic E-state index is -4.73. The minimum absolute atomic E-state index is 0.0708. The summed E-state index contributed by atoms with van der Waals surface area (Å²) in [5, 5.41) is 11.8. The Morgan fingerprint density at radius 1 is 1.09 bits per heavy atom. The molecule has 4 rings (SSSR count). The van der Waals surface area contributed by atoms with Crippen molar-refractivity contribution < 1.29 is 23.1 Å². The Morgan fingerprint density at radius 2 is 1.78 bits per heavy atom. The SMILES string of the molecule is C=C1C=C(c2ccccc2)N=C2C(C(Nc3ccccc3C(=O)O)C(F)(F)F)=CC=CN12. The Balaban J connectivity index is 1.78. The van der Waals surface area contributed by atoms with Gasteiger partial charge in [-0.1, -0.05) is 55.1 Å². The Bertz CT molecular complexity index is 1190. The summed E-state index contributed by atoms with van der Waals surface area (Å²) in [6.45, 7) is 3.96. The predicted octanol–water partition coefficient (Wildman–Crippen LogP) is 5.45. The first-order valence-corrected chi connectivity index (χ1v) is 9.64. The highest BCUT2D eigenvalue weighted by atomic mass is 19.4. The number of amidine groups is 1. The second kappa shape index (κ2) is 8.22. The molecule has 0 radical (unpaired) electrons. The van der Waals surface area contributed by atoms with Crippen LogP contribution in [0.4, 0.5) is 18.9 Å². The van der Waals surface area contributed by atoms with Crippen LogP contribution in [0.2, 0.25) is 0 Å². The standard InChI is InChI=1S/C24H18F3N3O2/c1-15-14-20(16-8-3-2-4-9-16)29-22-18(11-7-13-30(15)22)21(24(25,26)27)28-19-12-6-5-10-17(19)23(31)32/h2-14,21,28H,1H2,(H,31,32). The number of carboxylic acid groups (broad SMARTS) is 1. The summed E-state index contributed by atoms with van der Waals surface area (Å²) in [7, 11) is 0. The molecule has 0 fully saturated rings. The number of benzene rings is 2. The van der Waals surface area contributed by atoms with Crippen LogP contribution in [0.15, 0.2) is 102 Å². The largest absolute Gasteiger partial charge is 0.478 e. The number of aliphatic imine (C=N–C) groups is 1. The molecule has 2 heterocycles. The van der Waals surface area contributed by atoms with Gasteiger partial charge in [-0.15, -0.1) is 0 Å². The molecule has 32 heavy (non-hydrogen) atoms. The number of nitrogens with one attached hydrogen (secondary N) is 1. The predicted molar refractivity (Wildman–Crippen MR) is 117 cm³/mol. The van der Waals surface area contributed by atoms with Crippen molar-refractivity contribution in [1.82, 2.24) is 4.90 Å². The lowest BCUT2D eigenvalue weighted by Crippen LogP contribution is -2.45. The van der Waals surface area contributed by atoms with Crippen molar-refractivity contribution >= 4 is 23.2 Å². The van der Waals surface area contributed by atoms with Gasteiger partial charge >= 0.3 is 12.1 Å². The van der Waals surface area contributed by atoms with Gasteiger partial charge in [0.2, 0.25) is 0 Å². The molecule has 2 aromatic rings. The van der Waals surface area contributed by atoms with Crippen LogP contribution in [0, 0.1) is 0 Å². The number of hydrogen-bond donors (Lipinski definition) is 2. The van der Waals surface area contributed by atoms with Gasteiger partial charge in [-0.05, 0) is 24.3 Å². The second-order valence-electron chi connectivity index (χ2n) is 7.13. The van der Waals surface area contributed by atoms with Gasteiger partial charge in [-0.25, -0.2) is 9.79 Å². The molecule has 162 valence electrons. The fraction of sp³-hybridized carbons (Fsp3) is 0.0833. The fourth-order valence-corrected chi connectivity index (χ4v) is 3.51. The van der Waals surface area contributed by atoms with Gasteiger partial charge in [0.05, 0.1) is 11.3 Å². The van der Waals surface area contributed by atoms with Crippen molar-refractivity contribution in [1.29, 1.82) is 0 Å². The third kappa shape index (κ3) is 4.07. The number of halogens is 3. The van der Waals surface area contributed by atoms with E-state index in [1.807, 2.05) is 30.3 Å². The lowest BCUT2D eigenvalue weighted by molar-refractivity contribution is -0.133. The highest BCUT2D eigenvalue weighted by Crippen LogP contribution is 2.36. The zero-order valence-corrected chi connectivity index (χ0v) is 16.7. The number of hydrogen-bond acceptors (Lipinski definition) is 4. The van der Waals surface area contributed by atoms with E-state index in [9.17, 15) is 23.1 Å². The van der Waals surface area contributed by atoms with E-state index in [2.05, 4.69) is 16.9 Å². The maximum Gasteiger partial charge on any atom is 0.412 e. The summed E-state index contributed by atoms with van der Waals surface area (Å²) in [6.07, 6.45) is 1.35. The lowest BCUT2D eigenvalue weighted by Gasteiger charge is -2.35. The average molecular weight is 437 g/mol. The van der Waals surface area contributed by atoms with E-state index in [4.69, 9.17) is 0 Å². The molecule has 1 unspecified atom stereocenters. The quantitative estimate of drug-likeness (QED) is 0.653. The van der Waals surface area contributed by atoms with Crippen molar-refractivity contribution in [3.8, 4) is 0 Å². The molecule has 2 aromatic carbocycles. The van der Waals surface area contributed by atoms with Gasteiger partial charge < -0.3 is 15.3 Å². The van der Waals surface area contributed by atoms with Crippen molar-refractivity contribution in [3.63, 3.8) is 0 Å². The van der Waals surface area contributed by atoms with Crippen LogP contribution in [-0.2, 0) is 0 Å². The molecule has 8 heteroatoms. The van der Waals surface area contributed by atoms with Crippen LogP contribution in [0.3, 0.4) is 0 Å². The van der Waals surface area contributed by atoms with E-state index in [1.165, 1.54) is 41.3 Å². The number of carbonyl (C=O) groups is 1. The van der Waals surface area contributed by atoms with Crippen LogP contribution in [0.5, 0.6) is 0 Å². The van der Waals surface area contributed by atoms with Crippen molar-refractivity contribution in [2.45, 2.75) is 12.2 Å². The molecule has 0 spiro atoms. The molecule has 0 aliphatic carbocycles. The number of nitrogens with zero attached hydrogens (tertiary/aromatic N) is 2. The topological polar surface area (TPSA) is 64.9 Å². The second-order valence-corrected chi connectivity index (χ2v) is 7.13. The molecule has 2 N–H and O–H groups in total. The van der Waals surface area contributed by atoms with Gasteiger partial charge in [0, 0.05) is 28.7 Å². The molecular formula is C24H18F3N3O2. The summed E-state index contributed by atoms with van der Waals surface area (Å²) in [5.74, 6) is -1.26. The summed E-state index contributed by atoms with van der Waals surface area (Å²) in [5.41, 5.74) is 1.13. The molecule has 1 atom stereocenters. The van der Waals surface area contributed by atoms with Crippen LogP contribution in [0.1, 0.15) is 15.9 Å². The first-order chi connectivity index (χ1) is 15.3. The van der Waals surface area contributed by atoms with Crippen LogP contribution in [0.25, 0.3) is 5.70 Å². The Hall–Kier alpha value is -4.07. The number of rotatable bonds is 5. The normalized spacial score (nSPS) is 16.5. The molecule has 0 aromatic heterocycles. The van der Waals surface area contributed by atoms with Gasteiger partial charge in [-0.3, -0.25) is 0 Å². The summed E-state index contributed by atoms with van der Waals surface area (Å²) in [4.78, 5) is 17.5. The maximum atomic E-state index is 14.2. The third-order valence-corrected chi connectivity index (χ3v) is 5.00. The molecular weight excluding hydrogens is 419 g/mol. The van der Waals surface area contributed by atoms with E-state index in [0.29, 0.717) is 11.4 Å². The van der Waals surface area contributed by atoms with Crippen molar-refractivity contribution in [2.24, 2.45) is 4.99 Å². The average Bonchev–Trinajstić information content (AvgIpc) is 2.77. The number of anilines is 1. The zero-order valence-electron chi connectivity index (χ0n) is 16.7. The number of carboxylic acids is 1. The van der Waals surface area contributed by atoms with Crippen LogP contribution >= 0.6 is 0 Å². The van der Waals surface area contributed by atoms with Crippen molar-refractivity contribution in [3.05, 3.63) is 108 Å². The summed E-state index contributed by atoms with van der Waals surface area (Å²) in [6, 6.07) is 12.3. The number of para-hydroxylation sites is 1. The first kappa shape index (κ1) is 21.2. The number of aromatic carboxylic acids is 1. The van der Waals surface area contributed by atoms with Crippen LogP contribution < -0.4 is 5.32 Å². The van der Waals surface area contributed by atoms with Gasteiger partial charge in [-0.2, -0.15) is 13.2 Å². The Kier molecular flexibility index (Phi) is 5.44. The summed E-state index contributed by atoms with van der Waals surface area (Å²) >= 11 is 0. The molecule has 2 aliphatic rings. The van der Waals surface area contributed by atoms with Crippen molar-refractivity contribution in [2.75, 3.05) is 5.32 Å². The van der Waals surface area contributed by atoms with Gasteiger partial charge in [0.25, 0.3) is 0 Å². The number of allylic oxidation sites excluding steroid dienone is 3. The maximum absolute atomic E-state index is 14.2. The number of fused-ring (bicyclic) bond motifs is 1. The highest BCUT2D eigenvalue weighted by Gasteiger charge is 2.45.